The summed E-state index contributed by atoms with van der Waals surface area (Å²) in [5.74, 6) is 1.44. The Morgan fingerprint density at radius 1 is 1.12 bits per heavy atom. The normalized spacial score (nSPS) is 10.3. The van der Waals surface area contributed by atoms with E-state index >= 15 is 0 Å². The first-order chi connectivity index (χ1) is 11.7. The largest absolute Gasteiger partial charge is 0.490 e. The Bertz CT molecular complexity index is 854. The van der Waals surface area contributed by atoms with E-state index in [9.17, 15) is 10.1 Å². The molecule has 0 fully saturated rings. The quantitative estimate of drug-likeness (QED) is 0.388. The van der Waals surface area contributed by atoms with Gasteiger partial charge in [0.25, 0.3) is 11.6 Å². The lowest BCUT2D eigenvalue weighted by atomic mass is 10.2. The third-order valence-electron chi connectivity index (χ3n) is 3.23. The third kappa shape index (κ3) is 3.30. The summed E-state index contributed by atoms with van der Waals surface area (Å²) in [6.07, 6.45) is 1.67. The first-order valence-corrected chi connectivity index (χ1v) is 7.10. The van der Waals surface area contributed by atoms with Crippen molar-refractivity contribution < 1.29 is 14.2 Å². The molecule has 0 saturated carbocycles. The maximum atomic E-state index is 10.7. The smallest absolute Gasteiger partial charge is 0.269 e. The number of rotatable bonds is 6. The van der Waals surface area contributed by atoms with E-state index in [4.69, 9.17) is 9.26 Å². The Morgan fingerprint density at radius 2 is 1.79 bits per heavy atom. The van der Waals surface area contributed by atoms with Crippen molar-refractivity contribution in [3.05, 3.63) is 71.3 Å². The van der Waals surface area contributed by atoms with Crippen LogP contribution in [0.1, 0.15) is 0 Å². The highest BCUT2D eigenvalue weighted by atomic mass is 16.6. The zero-order chi connectivity index (χ0) is 16.9. The zero-order valence-corrected chi connectivity index (χ0v) is 12.6. The third-order valence-corrected chi connectivity index (χ3v) is 3.23. The number of nitro benzene ring substituents is 1. The lowest BCUT2D eigenvalue weighted by molar-refractivity contribution is -0.384. The Kier molecular flexibility index (Phi) is 4.33. The zero-order valence-electron chi connectivity index (χ0n) is 12.6. The van der Waals surface area contributed by atoms with Crippen molar-refractivity contribution in [1.29, 1.82) is 0 Å². The summed E-state index contributed by atoms with van der Waals surface area (Å²) >= 11 is 0. The summed E-state index contributed by atoms with van der Waals surface area (Å²) in [5, 5.41) is 14.6. The van der Waals surface area contributed by atoms with Gasteiger partial charge in [-0.05, 0) is 36.4 Å². The van der Waals surface area contributed by atoms with E-state index in [1.54, 1.807) is 30.3 Å². The molecule has 3 rings (SSSR count). The fraction of sp³-hybridized carbons (Fsp3) is 0.0588. The molecule has 3 aromatic rings. The molecule has 0 aliphatic rings. The van der Waals surface area contributed by atoms with Crippen molar-refractivity contribution in [3.8, 4) is 28.6 Å². The van der Waals surface area contributed by atoms with Crippen molar-refractivity contribution >= 4 is 5.69 Å². The minimum atomic E-state index is -0.457. The van der Waals surface area contributed by atoms with E-state index in [1.807, 2.05) is 12.1 Å². The van der Waals surface area contributed by atoms with E-state index in [0.29, 0.717) is 29.6 Å². The molecule has 0 spiro atoms. The maximum Gasteiger partial charge on any atom is 0.269 e. The SMILES string of the molecule is C=CCOc1ccc(-c2nc(-c3ccc([N+](=O)[O-])cc3)no2)cc1. The van der Waals surface area contributed by atoms with Gasteiger partial charge in [0.05, 0.1) is 4.92 Å². The minimum Gasteiger partial charge on any atom is -0.490 e. The molecule has 0 aliphatic carbocycles. The molecule has 0 aliphatic heterocycles. The van der Waals surface area contributed by atoms with Gasteiger partial charge in [0.2, 0.25) is 5.82 Å². The lowest BCUT2D eigenvalue weighted by Gasteiger charge is -2.02. The predicted octanol–water partition coefficient (Wildman–Crippen LogP) is 3.88. The average Bonchev–Trinajstić information content (AvgIpc) is 3.10. The van der Waals surface area contributed by atoms with Gasteiger partial charge in [-0.1, -0.05) is 17.8 Å². The van der Waals surface area contributed by atoms with E-state index in [0.717, 1.165) is 5.56 Å². The Balaban J connectivity index is 1.79. The van der Waals surface area contributed by atoms with Gasteiger partial charge in [0.15, 0.2) is 0 Å². The highest BCUT2D eigenvalue weighted by Crippen LogP contribution is 2.25. The van der Waals surface area contributed by atoms with Crippen molar-refractivity contribution in [2.45, 2.75) is 0 Å². The first kappa shape index (κ1) is 15.4. The van der Waals surface area contributed by atoms with Crippen LogP contribution < -0.4 is 4.74 Å². The van der Waals surface area contributed by atoms with Gasteiger partial charge in [-0.25, -0.2) is 0 Å². The number of nitro groups is 1. The van der Waals surface area contributed by atoms with Crippen LogP contribution in [-0.4, -0.2) is 21.7 Å². The van der Waals surface area contributed by atoms with Crippen LogP contribution in [0.15, 0.2) is 65.7 Å². The molecule has 0 N–H and O–H groups in total. The van der Waals surface area contributed by atoms with Gasteiger partial charge in [0, 0.05) is 23.3 Å². The van der Waals surface area contributed by atoms with Gasteiger partial charge < -0.3 is 9.26 Å². The Morgan fingerprint density at radius 3 is 2.42 bits per heavy atom. The molecule has 0 atom stereocenters. The average molecular weight is 323 g/mol. The number of hydrogen-bond acceptors (Lipinski definition) is 6. The standard InChI is InChI=1S/C17H13N3O4/c1-2-11-23-15-9-5-13(6-10-15)17-18-16(19-24-17)12-3-7-14(8-4-12)20(21)22/h2-10H,1,11H2. The predicted molar refractivity (Wildman–Crippen MR) is 87.5 cm³/mol. The van der Waals surface area contributed by atoms with Crippen LogP contribution in [0.4, 0.5) is 5.69 Å². The van der Waals surface area contributed by atoms with Gasteiger partial charge in [-0.3, -0.25) is 10.1 Å². The van der Waals surface area contributed by atoms with Crippen LogP contribution in [-0.2, 0) is 0 Å². The second-order valence-corrected chi connectivity index (χ2v) is 4.85. The number of non-ortho nitro benzene ring substituents is 1. The number of aromatic nitrogens is 2. The highest BCUT2D eigenvalue weighted by molar-refractivity contribution is 5.61. The number of nitrogens with zero attached hydrogens (tertiary/aromatic N) is 3. The van der Waals surface area contributed by atoms with Crippen LogP contribution in [0, 0.1) is 10.1 Å². The molecule has 2 aromatic carbocycles. The molecule has 0 radical (unpaired) electrons. The van der Waals surface area contributed by atoms with Gasteiger partial charge in [0.1, 0.15) is 12.4 Å². The maximum absolute atomic E-state index is 10.7. The molecule has 0 amide bonds. The fourth-order valence-electron chi connectivity index (χ4n) is 2.04. The molecular weight excluding hydrogens is 310 g/mol. The van der Waals surface area contributed by atoms with Crippen molar-refractivity contribution in [1.82, 2.24) is 10.1 Å². The number of hydrogen-bond donors (Lipinski definition) is 0. The summed E-state index contributed by atoms with van der Waals surface area (Å²) in [4.78, 5) is 14.5. The minimum absolute atomic E-state index is 0.0116. The monoisotopic (exact) mass is 323 g/mol. The molecule has 24 heavy (non-hydrogen) atoms. The van der Waals surface area contributed by atoms with Crippen LogP contribution in [0.5, 0.6) is 5.75 Å². The topological polar surface area (TPSA) is 91.3 Å². The van der Waals surface area contributed by atoms with Gasteiger partial charge in [-0.15, -0.1) is 0 Å². The molecule has 0 unspecified atom stereocenters. The number of ether oxygens (including phenoxy) is 1. The first-order valence-electron chi connectivity index (χ1n) is 7.10. The van der Waals surface area contributed by atoms with E-state index in [1.165, 1.54) is 12.1 Å². The molecule has 1 aromatic heterocycles. The Labute approximate surface area is 137 Å². The van der Waals surface area contributed by atoms with E-state index < -0.39 is 4.92 Å². The summed E-state index contributed by atoms with van der Waals surface area (Å²) in [6.45, 7) is 4.03. The van der Waals surface area contributed by atoms with Crippen LogP contribution in [0.2, 0.25) is 0 Å². The Hall–Kier alpha value is -3.48. The lowest BCUT2D eigenvalue weighted by Crippen LogP contribution is -1.92. The van der Waals surface area contributed by atoms with E-state index in [-0.39, 0.29) is 5.69 Å². The van der Waals surface area contributed by atoms with Crippen LogP contribution in [0.3, 0.4) is 0 Å². The molecular formula is C17H13N3O4. The van der Waals surface area contributed by atoms with Crippen LogP contribution in [0.25, 0.3) is 22.8 Å². The van der Waals surface area contributed by atoms with Gasteiger partial charge >= 0.3 is 0 Å². The summed E-state index contributed by atoms with van der Waals surface area (Å²) < 4.78 is 10.7. The summed E-state index contributed by atoms with van der Waals surface area (Å²) in [7, 11) is 0. The van der Waals surface area contributed by atoms with Crippen molar-refractivity contribution in [3.63, 3.8) is 0 Å². The second-order valence-electron chi connectivity index (χ2n) is 4.85. The van der Waals surface area contributed by atoms with Gasteiger partial charge in [-0.2, -0.15) is 4.98 Å². The number of benzene rings is 2. The van der Waals surface area contributed by atoms with Crippen molar-refractivity contribution in [2.24, 2.45) is 0 Å². The van der Waals surface area contributed by atoms with Crippen LogP contribution >= 0.6 is 0 Å². The van der Waals surface area contributed by atoms with Crippen molar-refractivity contribution in [2.75, 3.05) is 6.61 Å². The molecule has 1 heterocycles. The van der Waals surface area contributed by atoms with E-state index in [2.05, 4.69) is 16.7 Å². The summed E-state index contributed by atoms with van der Waals surface area (Å²) in [5.41, 5.74) is 1.40. The molecule has 0 bridgehead atoms. The highest BCUT2D eigenvalue weighted by Gasteiger charge is 2.12. The fourth-order valence-corrected chi connectivity index (χ4v) is 2.04. The molecule has 0 saturated heterocycles. The molecule has 120 valence electrons. The summed E-state index contributed by atoms with van der Waals surface area (Å²) in [6, 6.07) is 13.2. The molecule has 7 nitrogen and oxygen atoms in total. The molecule has 7 heteroatoms. The second kappa shape index (κ2) is 6.74.